The van der Waals surface area contributed by atoms with Crippen molar-refractivity contribution in [2.75, 3.05) is 26.4 Å². The van der Waals surface area contributed by atoms with Crippen molar-refractivity contribution >= 4 is 0 Å². The molecule has 0 aromatic rings. The molecule has 0 aromatic carbocycles. The maximum atomic E-state index is 10.8. The minimum atomic E-state index is -1.26. The molecule has 49 heavy (non-hydrogen) atoms. The Labute approximate surface area is 301 Å². The molecule has 2 heterocycles. The van der Waals surface area contributed by atoms with E-state index in [1.165, 1.54) is 148 Å². The Balaban J connectivity index is 1.41. The Morgan fingerprint density at radius 1 is 0.551 bits per heavy atom. The van der Waals surface area contributed by atoms with Crippen molar-refractivity contribution in [1.82, 2.24) is 0 Å². The molecular weight excluding hydrogens is 620 g/mol. The van der Waals surface area contributed by atoms with Crippen molar-refractivity contribution < 1.29 is 39.0 Å². The zero-order valence-corrected chi connectivity index (χ0v) is 32.1. The third kappa shape index (κ3) is 22.4. The molecule has 2 saturated heterocycles. The van der Waals surface area contributed by atoms with Gasteiger partial charge in [0.25, 0.3) is 0 Å². The zero-order chi connectivity index (χ0) is 35.2. The van der Waals surface area contributed by atoms with E-state index in [0.29, 0.717) is 6.61 Å². The summed E-state index contributed by atoms with van der Waals surface area (Å²) in [6, 6.07) is 0. The molecule has 0 amide bonds. The highest BCUT2D eigenvalue weighted by molar-refractivity contribution is 4.92. The van der Waals surface area contributed by atoms with Crippen molar-refractivity contribution in [2.45, 2.75) is 237 Å². The Bertz CT molecular complexity index is 709. The lowest BCUT2D eigenvalue weighted by atomic mass is 9.98. The first-order chi connectivity index (χ1) is 24.1. The average molecular weight is 701 g/mol. The van der Waals surface area contributed by atoms with E-state index in [9.17, 15) is 15.3 Å². The summed E-state index contributed by atoms with van der Waals surface area (Å²) < 4.78 is 29.1. The molecule has 0 aliphatic carbocycles. The lowest BCUT2D eigenvalue weighted by Gasteiger charge is -2.46. The number of unbranched alkanes of at least 4 members (excludes halogenated alkanes) is 25. The summed E-state index contributed by atoms with van der Waals surface area (Å²) in [6.07, 6.45) is 30.4. The van der Waals surface area contributed by atoms with Crippen LogP contribution in [-0.2, 0) is 23.7 Å². The number of aliphatic hydroxyl groups is 3. The highest BCUT2D eigenvalue weighted by atomic mass is 16.8. The molecule has 0 bridgehead atoms. The van der Waals surface area contributed by atoms with Gasteiger partial charge < -0.3 is 39.0 Å². The zero-order valence-electron chi connectivity index (χ0n) is 32.1. The van der Waals surface area contributed by atoms with Gasteiger partial charge in [-0.25, -0.2) is 0 Å². The molecule has 292 valence electrons. The van der Waals surface area contributed by atoms with E-state index >= 15 is 0 Å². The molecule has 2 rings (SSSR count). The van der Waals surface area contributed by atoms with Gasteiger partial charge in [0.1, 0.15) is 30.5 Å². The molecule has 0 unspecified atom stereocenters. The topological polar surface area (TPSA) is 107 Å². The second-order valence-corrected chi connectivity index (χ2v) is 15.1. The van der Waals surface area contributed by atoms with Crippen LogP contribution in [0.5, 0.6) is 0 Å². The maximum Gasteiger partial charge on any atom is 0.186 e. The molecule has 2 aliphatic rings. The SMILES string of the molecule is CCCCCCCCCCCCCCCCOC[C@@H](O)CO[C@@H]1O[C@@H]2CO[C@H](CCCCCCCCCCCCCCC)O[C@@H]2[C@H](O)[C@H]1O. The molecule has 2 fully saturated rings. The van der Waals surface area contributed by atoms with Gasteiger partial charge in [-0.05, 0) is 19.3 Å². The fourth-order valence-corrected chi connectivity index (χ4v) is 7.11. The van der Waals surface area contributed by atoms with Crippen LogP contribution in [0.3, 0.4) is 0 Å². The van der Waals surface area contributed by atoms with Crippen molar-refractivity contribution in [1.29, 1.82) is 0 Å². The average Bonchev–Trinajstić information content (AvgIpc) is 3.11. The van der Waals surface area contributed by atoms with Crippen molar-refractivity contribution in [3.05, 3.63) is 0 Å². The van der Waals surface area contributed by atoms with Crippen LogP contribution in [0.15, 0.2) is 0 Å². The second kappa shape index (κ2) is 31.2. The second-order valence-electron chi connectivity index (χ2n) is 15.1. The van der Waals surface area contributed by atoms with Crippen LogP contribution < -0.4 is 0 Å². The number of ether oxygens (including phenoxy) is 5. The molecule has 0 saturated carbocycles. The molecular formula is C41H80O8. The summed E-state index contributed by atoms with van der Waals surface area (Å²) in [7, 11) is 0. The molecule has 8 heteroatoms. The summed E-state index contributed by atoms with van der Waals surface area (Å²) >= 11 is 0. The van der Waals surface area contributed by atoms with Crippen LogP contribution in [0.25, 0.3) is 0 Å². The van der Waals surface area contributed by atoms with E-state index in [4.69, 9.17) is 23.7 Å². The number of hydrogen-bond donors (Lipinski definition) is 3. The molecule has 8 nitrogen and oxygen atoms in total. The van der Waals surface area contributed by atoms with Gasteiger partial charge in [-0.15, -0.1) is 0 Å². The number of fused-ring (bicyclic) bond motifs is 1. The highest BCUT2D eigenvalue weighted by Gasteiger charge is 2.49. The standard InChI is InChI=1S/C41H80O8/c1-3-5-7-9-11-13-15-17-19-21-23-25-27-29-31-45-32-35(42)33-47-41-39(44)38(43)40-36(48-41)34-46-37(49-40)30-28-26-24-22-20-18-16-14-12-10-8-6-4-2/h35-44H,3-34H2,1-2H3/t35-,36-,37+,38-,39-,40+,41-/m1/s1. The van der Waals surface area contributed by atoms with Gasteiger partial charge in [0, 0.05) is 6.61 Å². The normalized spacial score (nSPS) is 24.7. The lowest BCUT2D eigenvalue weighted by molar-refractivity contribution is -0.361. The van der Waals surface area contributed by atoms with Gasteiger partial charge in [-0.2, -0.15) is 0 Å². The van der Waals surface area contributed by atoms with E-state index in [1.807, 2.05) is 0 Å². The third-order valence-corrected chi connectivity index (χ3v) is 10.3. The molecule has 3 N–H and O–H groups in total. The van der Waals surface area contributed by atoms with Gasteiger partial charge in [0.2, 0.25) is 0 Å². The molecule has 0 radical (unpaired) electrons. The highest BCUT2D eigenvalue weighted by Crippen LogP contribution is 2.30. The van der Waals surface area contributed by atoms with Crippen molar-refractivity contribution in [3.63, 3.8) is 0 Å². The first kappa shape index (κ1) is 44.8. The Kier molecular flexibility index (Phi) is 28.6. The number of rotatable bonds is 34. The van der Waals surface area contributed by atoms with E-state index in [-0.39, 0.29) is 19.8 Å². The summed E-state index contributed by atoms with van der Waals surface area (Å²) in [5, 5.41) is 31.8. The van der Waals surface area contributed by atoms with Gasteiger partial charge in [0.15, 0.2) is 12.6 Å². The van der Waals surface area contributed by atoms with E-state index in [1.54, 1.807) is 0 Å². The number of aliphatic hydroxyl groups excluding tert-OH is 3. The predicted octanol–water partition coefficient (Wildman–Crippen LogP) is 9.53. The summed E-state index contributed by atoms with van der Waals surface area (Å²) in [5.74, 6) is 0. The van der Waals surface area contributed by atoms with Crippen molar-refractivity contribution in [2.24, 2.45) is 0 Å². The van der Waals surface area contributed by atoms with E-state index in [0.717, 1.165) is 32.1 Å². The van der Waals surface area contributed by atoms with Gasteiger partial charge in [0.05, 0.1) is 19.8 Å². The smallest absolute Gasteiger partial charge is 0.186 e. The van der Waals surface area contributed by atoms with Gasteiger partial charge >= 0.3 is 0 Å². The monoisotopic (exact) mass is 701 g/mol. The van der Waals surface area contributed by atoms with Crippen molar-refractivity contribution in [3.8, 4) is 0 Å². The fourth-order valence-electron chi connectivity index (χ4n) is 7.11. The minimum Gasteiger partial charge on any atom is -0.388 e. The molecule has 0 aromatic heterocycles. The van der Waals surface area contributed by atoms with Gasteiger partial charge in [-0.1, -0.05) is 174 Å². The summed E-state index contributed by atoms with van der Waals surface area (Å²) in [4.78, 5) is 0. The number of hydrogen-bond acceptors (Lipinski definition) is 8. The van der Waals surface area contributed by atoms with E-state index < -0.39 is 43.1 Å². The Morgan fingerprint density at radius 3 is 1.49 bits per heavy atom. The molecule has 2 aliphatic heterocycles. The summed E-state index contributed by atoms with van der Waals surface area (Å²) in [6.45, 7) is 5.56. The van der Waals surface area contributed by atoms with Crippen LogP contribution in [0.4, 0.5) is 0 Å². The minimum absolute atomic E-state index is 0.0477. The molecule has 7 atom stereocenters. The predicted molar refractivity (Wildman–Crippen MR) is 199 cm³/mol. The molecule has 0 spiro atoms. The van der Waals surface area contributed by atoms with Crippen LogP contribution in [0.2, 0.25) is 0 Å². The maximum absolute atomic E-state index is 10.8. The fraction of sp³-hybridized carbons (Fsp3) is 1.00. The van der Waals surface area contributed by atoms with Gasteiger partial charge in [-0.3, -0.25) is 0 Å². The third-order valence-electron chi connectivity index (χ3n) is 10.3. The van der Waals surface area contributed by atoms with Crippen LogP contribution in [0.1, 0.15) is 194 Å². The van der Waals surface area contributed by atoms with Crippen LogP contribution >= 0.6 is 0 Å². The van der Waals surface area contributed by atoms with E-state index in [2.05, 4.69) is 13.8 Å². The van der Waals surface area contributed by atoms with Crippen LogP contribution in [-0.4, -0.2) is 84.8 Å². The Hall–Kier alpha value is -0.320. The lowest BCUT2D eigenvalue weighted by Crippen LogP contribution is -2.63. The first-order valence-corrected chi connectivity index (χ1v) is 21.2. The quantitative estimate of drug-likeness (QED) is 0.0570. The Morgan fingerprint density at radius 2 is 1.00 bits per heavy atom. The summed E-state index contributed by atoms with van der Waals surface area (Å²) in [5.41, 5.74) is 0. The van der Waals surface area contributed by atoms with Crippen LogP contribution in [0, 0.1) is 0 Å². The largest absolute Gasteiger partial charge is 0.388 e. The first-order valence-electron chi connectivity index (χ1n) is 21.2.